The van der Waals surface area contributed by atoms with E-state index >= 15 is 0 Å². The van der Waals surface area contributed by atoms with Crippen LogP contribution in [-0.2, 0) is 0 Å². The number of nitrogens with one attached hydrogen (secondary N) is 1. The molecule has 122 valence electrons. The zero-order valence-corrected chi connectivity index (χ0v) is 14.0. The summed E-state index contributed by atoms with van der Waals surface area (Å²) in [5.41, 5.74) is 0.524. The maximum absolute atomic E-state index is 12.2. The average Bonchev–Trinajstić information content (AvgIpc) is 3.15. The van der Waals surface area contributed by atoms with Crippen LogP contribution in [0.2, 0.25) is 0 Å². The molecule has 6 nitrogen and oxygen atoms in total. The van der Waals surface area contributed by atoms with E-state index in [4.69, 9.17) is 0 Å². The van der Waals surface area contributed by atoms with Gasteiger partial charge in [0.25, 0.3) is 5.91 Å². The van der Waals surface area contributed by atoms with E-state index < -0.39 is 0 Å². The first-order valence-electron chi connectivity index (χ1n) is 7.53. The summed E-state index contributed by atoms with van der Waals surface area (Å²) < 4.78 is 1.54. The molecule has 1 aromatic carbocycles. The predicted octanol–water partition coefficient (Wildman–Crippen LogP) is 2.57. The number of nitrogens with zero attached hydrogens (tertiary/aromatic N) is 4. The Morgan fingerprint density at radius 1 is 1.25 bits per heavy atom. The number of pyridine rings is 1. The van der Waals surface area contributed by atoms with Gasteiger partial charge in [-0.15, -0.1) is 11.8 Å². The molecule has 1 unspecified atom stereocenters. The Kier molecular flexibility index (Phi) is 5.22. The van der Waals surface area contributed by atoms with Gasteiger partial charge >= 0.3 is 0 Å². The number of benzene rings is 1. The van der Waals surface area contributed by atoms with Gasteiger partial charge in [-0.1, -0.05) is 25.1 Å². The molecule has 1 N–H and O–H groups in total. The zero-order chi connectivity index (χ0) is 16.8. The summed E-state index contributed by atoms with van der Waals surface area (Å²) in [5.74, 6) is 0.491. The lowest BCUT2D eigenvalue weighted by molar-refractivity contribution is 0.0954. The summed E-state index contributed by atoms with van der Waals surface area (Å²) in [5, 5.41) is 7.22. The zero-order valence-electron chi connectivity index (χ0n) is 13.2. The molecule has 3 rings (SSSR count). The lowest BCUT2D eigenvalue weighted by atomic mass is 10.2. The molecule has 2 heterocycles. The van der Waals surface area contributed by atoms with Crippen molar-refractivity contribution in [2.45, 2.75) is 17.1 Å². The Balaban J connectivity index is 1.53. The van der Waals surface area contributed by atoms with Crippen molar-refractivity contribution in [3.63, 3.8) is 0 Å². The van der Waals surface area contributed by atoms with Crippen LogP contribution < -0.4 is 5.32 Å². The van der Waals surface area contributed by atoms with Gasteiger partial charge in [-0.3, -0.25) is 4.79 Å². The van der Waals surface area contributed by atoms with E-state index in [9.17, 15) is 4.79 Å². The molecule has 0 fully saturated rings. The second-order valence-electron chi connectivity index (χ2n) is 5.20. The van der Waals surface area contributed by atoms with Gasteiger partial charge in [-0.25, -0.2) is 14.6 Å². The van der Waals surface area contributed by atoms with Gasteiger partial charge in [-0.05, 0) is 24.3 Å². The molecular formula is C17H17N5OS. The fourth-order valence-electron chi connectivity index (χ4n) is 2.09. The normalized spacial score (nSPS) is 11.9. The summed E-state index contributed by atoms with van der Waals surface area (Å²) in [6.07, 6.45) is 4.54. The van der Waals surface area contributed by atoms with Crippen molar-refractivity contribution >= 4 is 17.7 Å². The van der Waals surface area contributed by atoms with Gasteiger partial charge in [0.2, 0.25) is 0 Å². The lowest BCUT2D eigenvalue weighted by Crippen LogP contribution is -2.29. The number of hydrogen-bond acceptors (Lipinski definition) is 5. The first-order valence-corrected chi connectivity index (χ1v) is 8.41. The highest BCUT2D eigenvalue weighted by Crippen LogP contribution is 2.22. The summed E-state index contributed by atoms with van der Waals surface area (Å²) in [4.78, 5) is 21.5. The van der Waals surface area contributed by atoms with Gasteiger partial charge in [0, 0.05) is 22.9 Å². The van der Waals surface area contributed by atoms with Gasteiger partial charge in [0.1, 0.15) is 12.7 Å². The Hall–Kier alpha value is -2.67. The van der Waals surface area contributed by atoms with E-state index in [0.29, 0.717) is 17.9 Å². The number of amides is 1. The molecule has 0 aliphatic heterocycles. The van der Waals surface area contributed by atoms with E-state index in [0.717, 1.165) is 0 Å². The van der Waals surface area contributed by atoms with Crippen LogP contribution in [0, 0.1) is 0 Å². The van der Waals surface area contributed by atoms with E-state index in [1.165, 1.54) is 11.2 Å². The van der Waals surface area contributed by atoms with Crippen LogP contribution in [0.3, 0.4) is 0 Å². The standard InChI is InChI=1S/C17H17N5OS/c1-13(24-15-5-3-2-4-6-15)9-20-17(23)14-7-8-16(19-10-14)22-12-18-11-21-22/h2-8,10-13H,9H2,1H3,(H,20,23). The third kappa shape index (κ3) is 4.20. The summed E-state index contributed by atoms with van der Waals surface area (Å²) in [6.45, 7) is 2.67. The first kappa shape index (κ1) is 16.2. The molecule has 1 atom stereocenters. The first-order chi connectivity index (χ1) is 11.7. The number of thioether (sulfide) groups is 1. The van der Waals surface area contributed by atoms with E-state index in [1.807, 2.05) is 18.2 Å². The summed E-state index contributed by atoms with van der Waals surface area (Å²) in [6, 6.07) is 13.6. The van der Waals surface area contributed by atoms with Gasteiger partial charge in [-0.2, -0.15) is 5.10 Å². The molecule has 0 saturated heterocycles. The molecule has 0 bridgehead atoms. The molecule has 2 aromatic heterocycles. The molecule has 0 spiro atoms. The lowest BCUT2D eigenvalue weighted by Gasteiger charge is -2.12. The molecule has 1 amide bonds. The predicted molar refractivity (Wildman–Crippen MR) is 93.2 cm³/mol. The Labute approximate surface area is 144 Å². The number of carbonyl (C=O) groups is 1. The van der Waals surface area contributed by atoms with Crippen LogP contribution in [-0.4, -0.2) is 37.5 Å². The van der Waals surface area contributed by atoms with Gasteiger partial charge in [0.05, 0.1) is 5.56 Å². The minimum Gasteiger partial charge on any atom is -0.351 e. The topological polar surface area (TPSA) is 72.7 Å². The molecular weight excluding hydrogens is 322 g/mol. The van der Waals surface area contributed by atoms with E-state index in [2.05, 4.69) is 39.4 Å². The van der Waals surface area contributed by atoms with Crippen LogP contribution in [0.15, 0.2) is 66.2 Å². The minimum absolute atomic E-state index is 0.131. The number of carbonyl (C=O) groups excluding carboxylic acids is 1. The molecule has 0 aliphatic carbocycles. The maximum atomic E-state index is 12.2. The van der Waals surface area contributed by atoms with Crippen molar-refractivity contribution in [2.75, 3.05) is 6.54 Å². The third-order valence-corrected chi connectivity index (χ3v) is 4.41. The number of rotatable bonds is 6. The smallest absolute Gasteiger partial charge is 0.252 e. The fourth-order valence-corrected chi connectivity index (χ4v) is 3.04. The largest absolute Gasteiger partial charge is 0.351 e. The Morgan fingerprint density at radius 2 is 2.08 bits per heavy atom. The van der Waals surface area contributed by atoms with Gasteiger partial charge < -0.3 is 5.32 Å². The second-order valence-corrected chi connectivity index (χ2v) is 6.71. The van der Waals surface area contributed by atoms with Crippen LogP contribution in [0.1, 0.15) is 17.3 Å². The quantitative estimate of drug-likeness (QED) is 0.699. The number of hydrogen-bond donors (Lipinski definition) is 1. The van der Waals surface area contributed by atoms with Crippen molar-refractivity contribution in [2.24, 2.45) is 0 Å². The van der Waals surface area contributed by atoms with Crippen molar-refractivity contribution in [1.82, 2.24) is 25.1 Å². The molecule has 0 radical (unpaired) electrons. The molecule has 0 saturated carbocycles. The summed E-state index contributed by atoms with van der Waals surface area (Å²) >= 11 is 1.73. The SMILES string of the molecule is CC(CNC(=O)c1ccc(-n2cncn2)nc1)Sc1ccccc1. The summed E-state index contributed by atoms with van der Waals surface area (Å²) in [7, 11) is 0. The number of aromatic nitrogens is 4. The van der Waals surface area contributed by atoms with E-state index in [1.54, 1.807) is 41.1 Å². The van der Waals surface area contributed by atoms with Crippen molar-refractivity contribution in [1.29, 1.82) is 0 Å². The molecule has 24 heavy (non-hydrogen) atoms. The third-order valence-electron chi connectivity index (χ3n) is 3.29. The monoisotopic (exact) mass is 339 g/mol. The Morgan fingerprint density at radius 3 is 2.75 bits per heavy atom. The second kappa shape index (κ2) is 7.74. The molecule has 3 aromatic rings. The maximum Gasteiger partial charge on any atom is 0.252 e. The van der Waals surface area contributed by atoms with Crippen molar-refractivity contribution in [3.8, 4) is 5.82 Å². The van der Waals surface area contributed by atoms with Crippen molar-refractivity contribution < 1.29 is 4.79 Å². The van der Waals surface area contributed by atoms with Gasteiger partial charge in [0.15, 0.2) is 5.82 Å². The highest BCUT2D eigenvalue weighted by Gasteiger charge is 2.10. The van der Waals surface area contributed by atoms with Crippen LogP contribution in [0.25, 0.3) is 5.82 Å². The molecule has 7 heteroatoms. The van der Waals surface area contributed by atoms with E-state index in [-0.39, 0.29) is 11.2 Å². The fraction of sp³-hybridized carbons (Fsp3) is 0.176. The Bertz CT molecular complexity index is 775. The highest BCUT2D eigenvalue weighted by atomic mass is 32.2. The van der Waals surface area contributed by atoms with Crippen LogP contribution in [0.5, 0.6) is 0 Å². The van der Waals surface area contributed by atoms with Crippen LogP contribution in [0.4, 0.5) is 0 Å². The molecule has 0 aliphatic rings. The average molecular weight is 339 g/mol. The highest BCUT2D eigenvalue weighted by molar-refractivity contribution is 8.00. The minimum atomic E-state index is -0.131. The van der Waals surface area contributed by atoms with Crippen molar-refractivity contribution in [3.05, 3.63) is 66.9 Å². The van der Waals surface area contributed by atoms with Crippen LogP contribution >= 0.6 is 11.8 Å².